The van der Waals surface area contributed by atoms with E-state index in [1.807, 2.05) is 32.0 Å². The molecule has 0 saturated carbocycles. The summed E-state index contributed by atoms with van der Waals surface area (Å²) in [7, 11) is 11.8. The average Bonchev–Trinajstić information content (AvgIpc) is 2.32. The maximum absolute atomic E-state index is 5.99. The van der Waals surface area contributed by atoms with E-state index in [-0.39, 0.29) is 0 Å². The summed E-state index contributed by atoms with van der Waals surface area (Å²) in [4.78, 5) is 4.37. The lowest BCUT2D eigenvalue weighted by atomic mass is 9.87. The molecule has 0 bridgehead atoms. The maximum Gasteiger partial charge on any atom is 0.142 e. The summed E-state index contributed by atoms with van der Waals surface area (Å²) in [6.07, 6.45) is 1.75. The highest BCUT2D eigenvalue weighted by molar-refractivity contribution is 6.33. The SMILES string of the molecule is [B]c1cc(C)ccc1CCc1ccc(C)c([B])n1. The van der Waals surface area contributed by atoms with Gasteiger partial charge in [-0.05, 0) is 43.9 Å². The Morgan fingerprint density at radius 1 is 1.00 bits per heavy atom. The maximum atomic E-state index is 5.99. The number of hydrogen-bond donors (Lipinski definition) is 0. The van der Waals surface area contributed by atoms with Gasteiger partial charge in [0.2, 0.25) is 0 Å². The third-order valence-corrected chi connectivity index (χ3v) is 3.15. The van der Waals surface area contributed by atoms with Gasteiger partial charge in [0.1, 0.15) is 15.7 Å². The Labute approximate surface area is 111 Å². The van der Waals surface area contributed by atoms with E-state index in [0.717, 1.165) is 29.6 Å². The van der Waals surface area contributed by atoms with Crippen molar-refractivity contribution >= 4 is 26.7 Å². The number of hydrogen-bond acceptors (Lipinski definition) is 1. The van der Waals surface area contributed by atoms with Crippen molar-refractivity contribution in [3.05, 3.63) is 52.7 Å². The normalized spacial score (nSPS) is 10.6. The van der Waals surface area contributed by atoms with Crippen molar-refractivity contribution in [2.24, 2.45) is 0 Å². The van der Waals surface area contributed by atoms with Crippen molar-refractivity contribution in [1.29, 1.82) is 0 Å². The van der Waals surface area contributed by atoms with E-state index in [1.165, 1.54) is 11.1 Å². The lowest BCUT2D eigenvalue weighted by Gasteiger charge is -2.08. The monoisotopic (exact) mass is 231 g/mol. The van der Waals surface area contributed by atoms with Gasteiger partial charge in [-0.15, -0.1) is 0 Å². The molecule has 1 heterocycles. The Balaban J connectivity index is 2.09. The predicted octanol–water partition coefficient (Wildman–Crippen LogP) is 1.07. The molecular weight excluding hydrogens is 216 g/mol. The minimum atomic E-state index is 0.615. The van der Waals surface area contributed by atoms with E-state index in [1.54, 1.807) is 0 Å². The standard InChI is InChI=1S/C15H15B2N/c1-10-3-5-12(14(16)9-10)6-8-13-7-4-11(2)15(17)18-13/h3-5,7,9H,6,8H2,1-2H3. The lowest BCUT2D eigenvalue weighted by Crippen LogP contribution is -2.16. The van der Waals surface area contributed by atoms with Crippen LogP contribution in [0, 0.1) is 13.8 Å². The molecule has 0 spiro atoms. The van der Waals surface area contributed by atoms with Crippen LogP contribution in [0.3, 0.4) is 0 Å². The zero-order valence-electron chi connectivity index (χ0n) is 10.9. The molecule has 2 rings (SSSR count). The Morgan fingerprint density at radius 3 is 2.44 bits per heavy atom. The first kappa shape index (κ1) is 12.9. The van der Waals surface area contributed by atoms with Crippen molar-refractivity contribution in [2.45, 2.75) is 26.7 Å². The van der Waals surface area contributed by atoms with Gasteiger partial charge in [0, 0.05) is 5.69 Å². The second-order valence-electron chi connectivity index (χ2n) is 4.71. The van der Waals surface area contributed by atoms with Crippen molar-refractivity contribution in [1.82, 2.24) is 4.98 Å². The molecule has 3 heteroatoms. The van der Waals surface area contributed by atoms with E-state index in [9.17, 15) is 0 Å². The fourth-order valence-electron chi connectivity index (χ4n) is 1.93. The molecular formula is C15H15B2N. The third-order valence-electron chi connectivity index (χ3n) is 3.15. The highest BCUT2D eigenvalue weighted by atomic mass is 14.7. The third kappa shape index (κ3) is 3.04. The van der Waals surface area contributed by atoms with Gasteiger partial charge in [0.15, 0.2) is 0 Å². The van der Waals surface area contributed by atoms with Gasteiger partial charge in [0.05, 0.1) is 0 Å². The van der Waals surface area contributed by atoms with E-state index < -0.39 is 0 Å². The fourth-order valence-corrected chi connectivity index (χ4v) is 1.93. The van der Waals surface area contributed by atoms with Gasteiger partial charge in [-0.1, -0.05) is 40.9 Å². The minimum absolute atomic E-state index is 0.615. The molecule has 2 aromatic rings. The van der Waals surface area contributed by atoms with Crippen molar-refractivity contribution in [3.63, 3.8) is 0 Å². The molecule has 18 heavy (non-hydrogen) atoms. The van der Waals surface area contributed by atoms with Crippen molar-refractivity contribution in [2.75, 3.05) is 0 Å². The predicted molar refractivity (Wildman–Crippen MR) is 78.3 cm³/mol. The van der Waals surface area contributed by atoms with Gasteiger partial charge in [-0.3, -0.25) is 4.98 Å². The topological polar surface area (TPSA) is 12.9 Å². The summed E-state index contributed by atoms with van der Waals surface area (Å²) < 4.78 is 0. The van der Waals surface area contributed by atoms with Crippen molar-refractivity contribution in [3.8, 4) is 0 Å². The first-order chi connectivity index (χ1) is 8.56. The second kappa shape index (κ2) is 5.43. The molecule has 4 radical (unpaired) electrons. The molecule has 1 aromatic carbocycles. The quantitative estimate of drug-likeness (QED) is 0.720. The first-order valence-electron chi connectivity index (χ1n) is 6.13. The smallest absolute Gasteiger partial charge is 0.142 e. The van der Waals surface area contributed by atoms with E-state index in [0.29, 0.717) is 5.59 Å². The van der Waals surface area contributed by atoms with Crippen LogP contribution < -0.4 is 11.1 Å². The summed E-state index contributed by atoms with van der Waals surface area (Å²) >= 11 is 0. The molecule has 0 amide bonds. The number of rotatable bonds is 3. The van der Waals surface area contributed by atoms with Crippen LogP contribution >= 0.6 is 0 Å². The molecule has 0 aliphatic heterocycles. The van der Waals surface area contributed by atoms with Crippen LogP contribution in [0.25, 0.3) is 0 Å². The second-order valence-corrected chi connectivity index (χ2v) is 4.71. The van der Waals surface area contributed by atoms with E-state index in [4.69, 9.17) is 15.7 Å². The molecule has 1 aromatic heterocycles. The van der Waals surface area contributed by atoms with Crippen LogP contribution in [0.4, 0.5) is 0 Å². The molecule has 1 nitrogen and oxygen atoms in total. The minimum Gasteiger partial charge on any atom is -0.269 e. The largest absolute Gasteiger partial charge is 0.269 e. The summed E-state index contributed by atoms with van der Waals surface area (Å²) in [5.41, 5.74) is 5.86. The summed E-state index contributed by atoms with van der Waals surface area (Å²) in [6, 6.07) is 10.2. The zero-order chi connectivity index (χ0) is 13.1. The summed E-state index contributed by atoms with van der Waals surface area (Å²) in [5, 5.41) is 0. The van der Waals surface area contributed by atoms with E-state index in [2.05, 4.69) is 17.1 Å². The molecule has 0 unspecified atom stereocenters. The number of benzene rings is 1. The van der Waals surface area contributed by atoms with Gasteiger partial charge < -0.3 is 0 Å². The van der Waals surface area contributed by atoms with Crippen LogP contribution in [-0.4, -0.2) is 20.7 Å². The summed E-state index contributed by atoms with van der Waals surface area (Å²) in [6.45, 7) is 4.01. The fraction of sp³-hybridized carbons (Fsp3) is 0.267. The Kier molecular flexibility index (Phi) is 3.90. The Morgan fingerprint density at radius 2 is 1.78 bits per heavy atom. The lowest BCUT2D eigenvalue weighted by molar-refractivity contribution is 0.922. The zero-order valence-corrected chi connectivity index (χ0v) is 10.9. The number of aryl methyl sites for hydroxylation is 4. The molecule has 86 valence electrons. The number of nitrogens with zero attached hydrogens (tertiary/aromatic N) is 1. The van der Waals surface area contributed by atoms with Gasteiger partial charge in [-0.2, -0.15) is 0 Å². The number of pyridine rings is 1. The molecule has 0 aliphatic carbocycles. The Bertz CT molecular complexity index is 564. The van der Waals surface area contributed by atoms with Crippen LogP contribution in [0.5, 0.6) is 0 Å². The van der Waals surface area contributed by atoms with Gasteiger partial charge in [0.25, 0.3) is 0 Å². The average molecular weight is 231 g/mol. The highest BCUT2D eigenvalue weighted by Crippen LogP contribution is 2.05. The first-order valence-corrected chi connectivity index (χ1v) is 6.13. The van der Waals surface area contributed by atoms with Gasteiger partial charge >= 0.3 is 0 Å². The van der Waals surface area contributed by atoms with Crippen LogP contribution in [-0.2, 0) is 12.8 Å². The Hall–Kier alpha value is -1.50. The van der Waals surface area contributed by atoms with E-state index >= 15 is 0 Å². The molecule has 0 fully saturated rings. The highest BCUT2D eigenvalue weighted by Gasteiger charge is 2.01. The van der Waals surface area contributed by atoms with Crippen LogP contribution in [0.15, 0.2) is 30.3 Å². The summed E-state index contributed by atoms with van der Waals surface area (Å²) in [5.74, 6) is 0. The number of aromatic nitrogens is 1. The molecule has 0 saturated heterocycles. The van der Waals surface area contributed by atoms with Crippen LogP contribution in [0.1, 0.15) is 22.4 Å². The molecule has 0 N–H and O–H groups in total. The van der Waals surface area contributed by atoms with Crippen molar-refractivity contribution < 1.29 is 0 Å². The molecule has 0 aliphatic rings. The van der Waals surface area contributed by atoms with Crippen LogP contribution in [0.2, 0.25) is 0 Å². The molecule has 0 atom stereocenters. The van der Waals surface area contributed by atoms with Gasteiger partial charge in [-0.25, -0.2) is 0 Å².